The Balaban J connectivity index is 0.000000377. The first kappa shape index (κ1) is 22.3. The molecule has 3 aliphatic rings. The minimum Gasteiger partial charge on any atom is -0.289 e. The number of aryl methyl sites for hydroxylation is 1. The molecule has 0 saturated heterocycles. The van der Waals surface area contributed by atoms with Gasteiger partial charge < -0.3 is 0 Å². The van der Waals surface area contributed by atoms with Crippen molar-refractivity contribution in [3.8, 4) is 0 Å². The fourth-order valence-electron chi connectivity index (χ4n) is 3.11. The Labute approximate surface area is 169 Å². The van der Waals surface area contributed by atoms with Crippen LogP contribution in [0.4, 0.5) is 17.7 Å². The third-order valence-electron chi connectivity index (χ3n) is 4.50. The molecule has 1 aliphatic heterocycles. The first-order chi connectivity index (χ1) is 13.7. The number of hydrogen-bond acceptors (Lipinski definition) is 6. The zero-order valence-corrected chi connectivity index (χ0v) is 16.9. The summed E-state index contributed by atoms with van der Waals surface area (Å²) in [6.45, 7) is 1.72. The van der Waals surface area contributed by atoms with E-state index in [1.807, 2.05) is 0 Å². The van der Waals surface area contributed by atoms with E-state index in [9.17, 15) is 34.9 Å². The van der Waals surface area contributed by atoms with Gasteiger partial charge in [-0.1, -0.05) is 22.1 Å². The van der Waals surface area contributed by atoms with Crippen molar-refractivity contribution in [1.29, 1.82) is 0 Å². The third kappa shape index (κ3) is 3.31. The summed E-state index contributed by atoms with van der Waals surface area (Å²) in [6, 6.07) is 7.07. The normalized spacial score (nSPS) is 22.7. The maximum absolute atomic E-state index is 15.4. The lowest BCUT2D eigenvalue weighted by Crippen LogP contribution is -2.61. The number of ketones is 1. The molecule has 2 aromatic rings. The Hall–Kier alpha value is -2.35. The van der Waals surface area contributed by atoms with Crippen LogP contribution < -0.4 is 0 Å². The number of carbonyl (C=O) groups is 1. The average molecular weight is 467 g/mol. The zero-order chi connectivity index (χ0) is 22.6. The number of alkyl halides is 2. The van der Waals surface area contributed by atoms with Crippen molar-refractivity contribution in [3.63, 3.8) is 0 Å². The van der Waals surface area contributed by atoms with Crippen molar-refractivity contribution in [2.75, 3.05) is 6.26 Å². The van der Waals surface area contributed by atoms with Gasteiger partial charge in [-0.05, 0) is 35.7 Å². The molecule has 2 aromatic carbocycles. The van der Waals surface area contributed by atoms with Gasteiger partial charge in [-0.2, -0.15) is 8.42 Å². The summed E-state index contributed by atoms with van der Waals surface area (Å²) in [5.74, 6) is -5.35. The molecule has 13 heteroatoms. The van der Waals surface area contributed by atoms with Crippen LogP contribution in [0.25, 0.3) is 0 Å². The maximum Gasteiger partial charge on any atom is 0.295 e. The Morgan fingerprint density at radius 3 is 2.07 bits per heavy atom. The second kappa shape index (κ2) is 7.11. The summed E-state index contributed by atoms with van der Waals surface area (Å²) in [4.78, 5) is 11.7. The predicted molar refractivity (Wildman–Crippen MR) is 94.8 cm³/mol. The third-order valence-corrected chi connectivity index (χ3v) is 6.56. The van der Waals surface area contributed by atoms with E-state index < -0.39 is 55.0 Å². The fourth-order valence-corrected chi connectivity index (χ4v) is 4.69. The van der Waals surface area contributed by atoms with E-state index >= 15 is 4.39 Å². The molecule has 0 saturated carbocycles. The molecule has 2 aliphatic carbocycles. The highest BCUT2D eigenvalue weighted by molar-refractivity contribution is 7.89. The van der Waals surface area contributed by atoms with Gasteiger partial charge in [-0.3, -0.25) is 4.79 Å². The first-order valence-electron chi connectivity index (χ1n) is 8.08. The molecule has 5 rings (SSSR count). The topological polar surface area (TPSA) is 97.8 Å². The van der Waals surface area contributed by atoms with Crippen molar-refractivity contribution in [2.24, 2.45) is 0 Å². The van der Waals surface area contributed by atoms with Crippen LogP contribution in [0.2, 0.25) is 0 Å². The van der Waals surface area contributed by atoms with E-state index in [0.717, 1.165) is 17.7 Å². The molecule has 0 radical (unpaired) electrons. The number of nitrogens with zero attached hydrogens (tertiary/aromatic N) is 1. The highest BCUT2D eigenvalue weighted by atomic mass is 32.2. The lowest BCUT2D eigenvalue weighted by atomic mass is 9.76. The fraction of sp³-hybridized carbons (Fsp3) is 0.235. The monoisotopic (exact) mass is 467 g/mol. The number of halogens is 4. The lowest BCUT2D eigenvalue weighted by molar-refractivity contribution is -0.0253. The number of sulfonamides is 1. The SMILES string of the molecule is CS(=O)(=O)OF.Cc1ccc(S(=O)(=O)N2C(F)C(=O)c3cc(F)c4cc3C42F)cc1. The van der Waals surface area contributed by atoms with Crippen LogP contribution in [-0.2, 0) is 30.3 Å². The van der Waals surface area contributed by atoms with Crippen molar-refractivity contribution in [1.82, 2.24) is 4.31 Å². The van der Waals surface area contributed by atoms with Crippen molar-refractivity contribution < 1.29 is 43.7 Å². The van der Waals surface area contributed by atoms with Crippen LogP contribution >= 0.6 is 0 Å². The van der Waals surface area contributed by atoms with Crippen LogP contribution in [0.3, 0.4) is 0 Å². The Kier molecular flexibility index (Phi) is 5.30. The van der Waals surface area contributed by atoms with Gasteiger partial charge in [0.2, 0.25) is 27.9 Å². The molecule has 0 N–H and O–H groups in total. The van der Waals surface area contributed by atoms with Gasteiger partial charge in [0.15, 0.2) is 0 Å². The zero-order valence-electron chi connectivity index (χ0n) is 15.3. The van der Waals surface area contributed by atoms with Crippen LogP contribution in [0.1, 0.15) is 27.0 Å². The van der Waals surface area contributed by atoms with E-state index in [2.05, 4.69) is 4.39 Å². The van der Waals surface area contributed by atoms with Crippen molar-refractivity contribution >= 4 is 25.9 Å². The van der Waals surface area contributed by atoms with E-state index in [1.165, 1.54) is 24.3 Å². The Morgan fingerprint density at radius 1 is 1.07 bits per heavy atom. The number of rotatable bonds is 3. The smallest absolute Gasteiger partial charge is 0.289 e. The van der Waals surface area contributed by atoms with Crippen LogP contribution in [-0.4, -0.2) is 39.5 Å². The van der Waals surface area contributed by atoms with Gasteiger partial charge in [0.05, 0.1) is 11.2 Å². The van der Waals surface area contributed by atoms with Gasteiger partial charge in [-0.15, -0.1) is 4.31 Å². The molecule has 0 fully saturated rings. The van der Waals surface area contributed by atoms with Crippen molar-refractivity contribution in [2.45, 2.75) is 23.9 Å². The van der Waals surface area contributed by atoms with Gasteiger partial charge in [0, 0.05) is 16.7 Å². The number of Topliss-reactive ketones (excluding diaryl/α,β-unsaturated/α-hetero) is 1. The molecule has 7 nitrogen and oxygen atoms in total. The van der Waals surface area contributed by atoms with Crippen LogP contribution in [0.15, 0.2) is 41.3 Å². The molecule has 0 amide bonds. The van der Waals surface area contributed by atoms with Crippen molar-refractivity contribution in [3.05, 3.63) is 64.5 Å². The van der Waals surface area contributed by atoms with Crippen LogP contribution in [0.5, 0.6) is 0 Å². The van der Waals surface area contributed by atoms with Gasteiger partial charge in [-0.25, -0.2) is 21.6 Å². The van der Waals surface area contributed by atoms with Gasteiger partial charge in [0.1, 0.15) is 5.82 Å². The van der Waals surface area contributed by atoms with E-state index in [1.54, 1.807) is 6.92 Å². The highest BCUT2D eigenvalue weighted by Gasteiger charge is 2.64. The van der Waals surface area contributed by atoms with E-state index in [0.29, 0.717) is 6.26 Å². The maximum atomic E-state index is 15.4. The van der Waals surface area contributed by atoms with Gasteiger partial charge in [0.25, 0.3) is 10.1 Å². The molecule has 0 aromatic heterocycles. The molecule has 1 heterocycles. The number of benzene rings is 2. The molecule has 30 heavy (non-hydrogen) atoms. The first-order valence-corrected chi connectivity index (χ1v) is 11.3. The Morgan fingerprint density at radius 2 is 1.60 bits per heavy atom. The lowest BCUT2D eigenvalue weighted by Gasteiger charge is -2.47. The van der Waals surface area contributed by atoms with E-state index in [-0.39, 0.29) is 14.8 Å². The summed E-state index contributed by atoms with van der Waals surface area (Å²) < 4.78 is 101. The number of carbonyl (C=O) groups excluding carboxylic acids is 1. The highest BCUT2D eigenvalue weighted by Crippen LogP contribution is 2.55. The molecule has 2 unspecified atom stereocenters. The molecular formula is C17H13F4NO6S2. The summed E-state index contributed by atoms with van der Waals surface area (Å²) in [5.41, 5.74) is -0.633. The minimum atomic E-state index is -4.70. The molecular weight excluding hydrogens is 454 g/mol. The van der Waals surface area contributed by atoms with E-state index in [4.69, 9.17) is 0 Å². The van der Waals surface area contributed by atoms with Crippen LogP contribution in [0, 0.1) is 12.7 Å². The Bertz CT molecular complexity index is 1250. The largest absolute Gasteiger partial charge is 0.295 e. The predicted octanol–water partition coefficient (Wildman–Crippen LogP) is 2.65. The summed E-state index contributed by atoms with van der Waals surface area (Å²) >= 11 is 0. The summed E-state index contributed by atoms with van der Waals surface area (Å²) in [6.07, 6.45) is -2.14. The standard InChI is InChI=1S/C16H10F3NO3S.CH3FO3S/c1-8-2-4-9(5-3-8)24(22,23)20-15(18)14(21)10-6-13(17)12-7-11(10)16(12,20)19;1-6(3,4)5-2/h2-7,15H,1H3;1H3. The second-order valence-corrected chi connectivity index (χ2v) is 9.93. The quantitative estimate of drug-likeness (QED) is 0.509. The molecule has 4 bridgehead atoms. The molecule has 162 valence electrons. The summed E-state index contributed by atoms with van der Waals surface area (Å²) in [7, 11) is -8.53. The second-order valence-electron chi connectivity index (χ2n) is 6.58. The number of fused-ring (bicyclic) bond motifs is 1. The molecule has 0 spiro atoms. The van der Waals surface area contributed by atoms with Gasteiger partial charge >= 0.3 is 0 Å². The summed E-state index contributed by atoms with van der Waals surface area (Å²) in [5, 5.41) is 0. The number of hydrogen-bond donors (Lipinski definition) is 0. The minimum absolute atomic E-state index is 0.173. The molecule has 2 atom stereocenters. The average Bonchev–Trinajstić information content (AvgIpc) is 2.65.